The molecular formula is C14H22N4O2. The first-order chi connectivity index (χ1) is 9.36. The standard InChI is InChI=1S/C14H22N4O2/c1-10(2)18(9-13(15)16-20)14(19)11-5-7-12(8-6-11)17(3)4/h5-8,10,20H,9H2,1-4H3,(H2,15,16). The zero-order valence-corrected chi connectivity index (χ0v) is 12.4. The third kappa shape index (κ3) is 3.88. The summed E-state index contributed by atoms with van der Waals surface area (Å²) in [5, 5.41) is 11.6. The SMILES string of the molecule is CC(C)N(CC(N)=NO)C(=O)c1ccc(N(C)C)cc1. The number of amides is 1. The van der Waals surface area contributed by atoms with Gasteiger partial charge in [0, 0.05) is 31.4 Å². The minimum absolute atomic E-state index is 0.0111. The van der Waals surface area contributed by atoms with E-state index in [0.29, 0.717) is 5.56 Å². The number of oxime groups is 1. The lowest BCUT2D eigenvalue weighted by atomic mass is 10.1. The van der Waals surface area contributed by atoms with Crippen molar-refractivity contribution < 1.29 is 10.0 Å². The lowest BCUT2D eigenvalue weighted by Gasteiger charge is -2.26. The Morgan fingerprint density at radius 2 is 1.85 bits per heavy atom. The van der Waals surface area contributed by atoms with Gasteiger partial charge in [0.25, 0.3) is 5.91 Å². The normalized spacial score (nSPS) is 11.6. The monoisotopic (exact) mass is 278 g/mol. The van der Waals surface area contributed by atoms with Gasteiger partial charge in [0.1, 0.15) is 0 Å². The molecule has 20 heavy (non-hydrogen) atoms. The number of hydrogen-bond acceptors (Lipinski definition) is 4. The molecule has 0 saturated carbocycles. The van der Waals surface area contributed by atoms with Crippen LogP contribution in [0.25, 0.3) is 0 Å². The molecule has 0 aliphatic rings. The van der Waals surface area contributed by atoms with Crippen LogP contribution >= 0.6 is 0 Å². The van der Waals surface area contributed by atoms with E-state index >= 15 is 0 Å². The third-order valence-electron chi connectivity index (χ3n) is 2.98. The molecule has 0 saturated heterocycles. The Kier molecular flexibility index (Phi) is 5.37. The summed E-state index contributed by atoms with van der Waals surface area (Å²) in [6, 6.07) is 7.28. The number of benzene rings is 1. The van der Waals surface area contributed by atoms with Gasteiger partial charge in [-0.3, -0.25) is 4.79 Å². The lowest BCUT2D eigenvalue weighted by Crippen LogP contribution is -2.42. The van der Waals surface area contributed by atoms with Crippen LogP contribution in [0.15, 0.2) is 29.4 Å². The molecule has 0 aromatic heterocycles. The molecule has 6 nitrogen and oxygen atoms in total. The Morgan fingerprint density at radius 3 is 2.25 bits per heavy atom. The van der Waals surface area contributed by atoms with Gasteiger partial charge in [-0.15, -0.1) is 0 Å². The second kappa shape index (κ2) is 6.79. The van der Waals surface area contributed by atoms with Gasteiger partial charge in [-0.1, -0.05) is 5.16 Å². The van der Waals surface area contributed by atoms with Crippen LogP contribution in [0.1, 0.15) is 24.2 Å². The van der Waals surface area contributed by atoms with Gasteiger partial charge in [0.15, 0.2) is 5.84 Å². The number of nitrogens with zero attached hydrogens (tertiary/aromatic N) is 3. The average molecular weight is 278 g/mol. The summed E-state index contributed by atoms with van der Waals surface area (Å²) in [4.78, 5) is 16.0. The number of amidine groups is 1. The first kappa shape index (κ1) is 15.8. The average Bonchev–Trinajstić information content (AvgIpc) is 2.43. The minimum atomic E-state index is -0.142. The molecule has 0 aliphatic heterocycles. The molecular weight excluding hydrogens is 256 g/mol. The van der Waals surface area contributed by atoms with Gasteiger partial charge in [0.2, 0.25) is 0 Å². The Morgan fingerprint density at radius 1 is 1.30 bits per heavy atom. The fourth-order valence-corrected chi connectivity index (χ4v) is 1.76. The summed E-state index contributed by atoms with van der Waals surface area (Å²) in [5.74, 6) is -0.131. The van der Waals surface area contributed by atoms with Crippen molar-refractivity contribution in [2.24, 2.45) is 10.9 Å². The first-order valence-electron chi connectivity index (χ1n) is 6.41. The molecule has 1 aromatic rings. The number of nitrogens with two attached hydrogens (primary N) is 1. The predicted molar refractivity (Wildman–Crippen MR) is 80.4 cm³/mol. The van der Waals surface area contributed by atoms with Crippen molar-refractivity contribution in [3.05, 3.63) is 29.8 Å². The summed E-state index contributed by atoms with van der Waals surface area (Å²) in [6.07, 6.45) is 0. The van der Waals surface area contributed by atoms with Crippen LogP contribution in [0, 0.1) is 0 Å². The highest BCUT2D eigenvalue weighted by Gasteiger charge is 2.20. The van der Waals surface area contributed by atoms with Crippen molar-refractivity contribution in [2.45, 2.75) is 19.9 Å². The van der Waals surface area contributed by atoms with Crippen LogP contribution in [-0.2, 0) is 0 Å². The van der Waals surface area contributed by atoms with Crippen LogP contribution in [0.5, 0.6) is 0 Å². The maximum Gasteiger partial charge on any atom is 0.254 e. The Balaban J connectivity index is 2.94. The zero-order chi connectivity index (χ0) is 15.3. The lowest BCUT2D eigenvalue weighted by molar-refractivity contribution is 0.0734. The molecule has 0 atom stereocenters. The Bertz CT molecular complexity index is 480. The van der Waals surface area contributed by atoms with E-state index in [4.69, 9.17) is 10.9 Å². The second-order valence-electron chi connectivity index (χ2n) is 5.06. The minimum Gasteiger partial charge on any atom is -0.409 e. The first-order valence-corrected chi connectivity index (χ1v) is 6.41. The van der Waals surface area contributed by atoms with E-state index in [0.717, 1.165) is 5.69 Å². The highest BCUT2D eigenvalue weighted by atomic mass is 16.4. The van der Waals surface area contributed by atoms with Crippen LogP contribution in [0.3, 0.4) is 0 Å². The van der Waals surface area contributed by atoms with Gasteiger partial charge in [-0.2, -0.15) is 0 Å². The highest BCUT2D eigenvalue weighted by molar-refractivity contribution is 5.97. The highest BCUT2D eigenvalue weighted by Crippen LogP contribution is 2.14. The van der Waals surface area contributed by atoms with Crippen LogP contribution in [-0.4, -0.2) is 48.5 Å². The fraction of sp³-hybridized carbons (Fsp3) is 0.429. The number of hydrogen-bond donors (Lipinski definition) is 2. The summed E-state index contributed by atoms with van der Waals surface area (Å²) < 4.78 is 0. The third-order valence-corrected chi connectivity index (χ3v) is 2.98. The molecule has 3 N–H and O–H groups in total. The van der Waals surface area contributed by atoms with Crippen molar-refractivity contribution in [3.8, 4) is 0 Å². The zero-order valence-electron chi connectivity index (χ0n) is 12.4. The molecule has 110 valence electrons. The quantitative estimate of drug-likeness (QED) is 0.369. The molecule has 0 bridgehead atoms. The molecule has 0 fully saturated rings. The number of carbonyl (C=O) groups excluding carboxylic acids is 1. The van der Waals surface area contributed by atoms with E-state index in [1.54, 1.807) is 17.0 Å². The molecule has 6 heteroatoms. The van der Waals surface area contributed by atoms with E-state index in [1.165, 1.54) is 0 Å². The van der Waals surface area contributed by atoms with Gasteiger partial charge in [0.05, 0.1) is 6.54 Å². The molecule has 1 amide bonds. The van der Waals surface area contributed by atoms with E-state index < -0.39 is 0 Å². The van der Waals surface area contributed by atoms with E-state index in [9.17, 15) is 4.79 Å². The molecule has 1 aromatic carbocycles. The summed E-state index contributed by atoms with van der Waals surface area (Å²) >= 11 is 0. The predicted octanol–water partition coefficient (Wildman–Crippen LogP) is 1.35. The molecule has 1 rings (SSSR count). The molecule has 0 unspecified atom stereocenters. The second-order valence-corrected chi connectivity index (χ2v) is 5.06. The number of anilines is 1. The van der Waals surface area contributed by atoms with Crippen molar-refractivity contribution in [1.29, 1.82) is 0 Å². The van der Waals surface area contributed by atoms with Crippen LogP contribution in [0.4, 0.5) is 5.69 Å². The maximum atomic E-state index is 12.4. The van der Waals surface area contributed by atoms with Gasteiger partial charge in [-0.05, 0) is 38.1 Å². The van der Waals surface area contributed by atoms with Crippen molar-refractivity contribution in [1.82, 2.24) is 4.90 Å². The van der Waals surface area contributed by atoms with Gasteiger partial charge >= 0.3 is 0 Å². The Hall–Kier alpha value is -2.24. The fourth-order valence-electron chi connectivity index (χ4n) is 1.76. The van der Waals surface area contributed by atoms with Crippen molar-refractivity contribution in [3.63, 3.8) is 0 Å². The smallest absolute Gasteiger partial charge is 0.254 e. The number of carbonyl (C=O) groups is 1. The summed E-state index contributed by atoms with van der Waals surface area (Å²) in [7, 11) is 3.88. The molecule has 0 heterocycles. The van der Waals surface area contributed by atoms with Gasteiger partial charge in [-0.25, -0.2) is 0 Å². The van der Waals surface area contributed by atoms with Crippen molar-refractivity contribution >= 4 is 17.4 Å². The summed E-state index contributed by atoms with van der Waals surface area (Å²) in [6.45, 7) is 3.87. The van der Waals surface area contributed by atoms with E-state index in [1.807, 2.05) is 45.0 Å². The molecule has 0 spiro atoms. The Labute approximate surface area is 119 Å². The molecule has 0 radical (unpaired) electrons. The van der Waals surface area contributed by atoms with Crippen molar-refractivity contribution in [2.75, 3.05) is 25.5 Å². The van der Waals surface area contributed by atoms with Crippen LogP contribution in [0.2, 0.25) is 0 Å². The molecule has 0 aliphatic carbocycles. The van der Waals surface area contributed by atoms with Crippen LogP contribution < -0.4 is 10.6 Å². The van der Waals surface area contributed by atoms with E-state index in [2.05, 4.69) is 5.16 Å². The largest absolute Gasteiger partial charge is 0.409 e. The number of rotatable bonds is 5. The maximum absolute atomic E-state index is 12.4. The van der Waals surface area contributed by atoms with E-state index in [-0.39, 0.29) is 24.3 Å². The topological polar surface area (TPSA) is 82.2 Å². The summed E-state index contributed by atoms with van der Waals surface area (Å²) in [5.41, 5.74) is 7.09. The van der Waals surface area contributed by atoms with Gasteiger partial charge < -0.3 is 20.7 Å².